The Kier molecular flexibility index (Phi) is 4.08. The first-order valence-electron chi connectivity index (χ1n) is 7.50. The van der Waals surface area contributed by atoms with Gasteiger partial charge >= 0.3 is 6.18 Å². The van der Waals surface area contributed by atoms with Crippen LogP contribution in [0.2, 0.25) is 10.3 Å². The summed E-state index contributed by atoms with van der Waals surface area (Å²) < 4.78 is 39.9. The quantitative estimate of drug-likeness (QED) is 0.499. The van der Waals surface area contributed by atoms with Crippen molar-refractivity contribution in [1.29, 1.82) is 0 Å². The number of nitrogens with zero attached hydrogens (tertiary/aromatic N) is 4. The number of H-pyrrole nitrogens is 1. The van der Waals surface area contributed by atoms with Crippen molar-refractivity contribution in [2.75, 3.05) is 0 Å². The van der Waals surface area contributed by atoms with Crippen molar-refractivity contribution in [2.24, 2.45) is 0 Å². The van der Waals surface area contributed by atoms with E-state index in [0.717, 1.165) is 6.20 Å². The standard InChI is InChI=1S/C16H8Cl2F3N5O/c17-13-7(2-1-3-22-13)9-4-10-11(14(18)24-9)12-8(5-23-25-12)15(27)26(10)6-16(19,20)21/h1-5H,6H2,(H,23,25). The van der Waals surface area contributed by atoms with Gasteiger partial charge in [-0.2, -0.15) is 18.3 Å². The normalized spacial score (nSPS) is 12.2. The van der Waals surface area contributed by atoms with Crippen LogP contribution in [0.3, 0.4) is 0 Å². The number of pyridine rings is 3. The Morgan fingerprint density at radius 1 is 1.22 bits per heavy atom. The second-order valence-electron chi connectivity index (χ2n) is 5.70. The van der Waals surface area contributed by atoms with Gasteiger partial charge in [0.05, 0.1) is 33.7 Å². The maximum atomic E-state index is 13.1. The van der Waals surface area contributed by atoms with Crippen LogP contribution in [-0.2, 0) is 6.54 Å². The van der Waals surface area contributed by atoms with E-state index in [1.807, 2.05) is 0 Å². The van der Waals surface area contributed by atoms with E-state index in [9.17, 15) is 18.0 Å². The highest BCUT2D eigenvalue weighted by molar-refractivity contribution is 6.36. The van der Waals surface area contributed by atoms with Crippen LogP contribution in [-0.4, -0.2) is 30.9 Å². The van der Waals surface area contributed by atoms with Gasteiger partial charge in [-0.25, -0.2) is 9.97 Å². The number of aromatic nitrogens is 5. The molecule has 0 aliphatic heterocycles. The SMILES string of the molecule is O=c1c2cn[nH]c2c2c(Cl)nc(-c3cccnc3Cl)cc2n1CC(F)(F)F. The molecule has 0 aliphatic carbocycles. The largest absolute Gasteiger partial charge is 0.406 e. The molecule has 0 bridgehead atoms. The number of hydrogen-bond donors (Lipinski definition) is 1. The van der Waals surface area contributed by atoms with E-state index in [2.05, 4.69) is 20.2 Å². The molecule has 11 heteroatoms. The predicted octanol–water partition coefficient (Wildman–Crippen LogP) is 4.20. The van der Waals surface area contributed by atoms with Crippen molar-refractivity contribution in [3.05, 3.63) is 51.3 Å². The molecular formula is C16H8Cl2F3N5O. The summed E-state index contributed by atoms with van der Waals surface area (Å²) in [5.41, 5.74) is -0.0914. The summed E-state index contributed by atoms with van der Waals surface area (Å²) in [5.74, 6) is 0. The van der Waals surface area contributed by atoms with Crippen LogP contribution in [0.5, 0.6) is 0 Å². The van der Waals surface area contributed by atoms with Gasteiger partial charge < -0.3 is 0 Å². The van der Waals surface area contributed by atoms with Crippen molar-refractivity contribution >= 4 is 45.0 Å². The second-order valence-corrected chi connectivity index (χ2v) is 6.42. The fourth-order valence-electron chi connectivity index (χ4n) is 2.89. The third-order valence-corrected chi connectivity index (χ3v) is 4.56. The minimum absolute atomic E-state index is 0.0115. The van der Waals surface area contributed by atoms with E-state index in [4.69, 9.17) is 23.2 Å². The molecule has 0 saturated carbocycles. The molecule has 4 aromatic rings. The van der Waals surface area contributed by atoms with E-state index < -0.39 is 18.3 Å². The van der Waals surface area contributed by atoms with Crippen LogP contribution < -0.4 is 5.56 Å². The van der Waals surface area contributed by atoms with Gasteiger partial charge in [-0.3, -0.25) is 14.5 Å². The predicted molar refractivity (Wildman–Crippen MR) is 95.0 cm³/mol. The second kappa shape index (κ2) is 6.21. The maximum absolute atomic E-state index is 13.1. The Bertz CT molecular complexity index is 1250. The lowest BCUT2D eigenvalue weighted by atomic mass is 10.1. The molecule has 4 heterocycles. The number of nitrogens with one attached hydrogen (secondary N) is 1. The highest BCUT2D eigenvalue weighted by atomic mass is 35.5. The number of hydrogen-bond acceptors (Lipinski definition) is 4. The zero-order chi connectivity index (χ0) is 19.3. The number of fused-ring (bicyclic) bond motifs is 3. The molecule has 0 aromatic carbocycles. The van der Waals surface area contributed by atoms with Gasteiger partial charge in [0.25, 0.3) is 5.56 Å². The van der Waals surface area contributed by atoms with Crippen molar-refractivity contribution in [2.45, 2.75) is 12.7 Å². The molecule has 4 aromatic heterocycles. The zero-order valence-electron chi connectivity index (χ0n) is 13.2. The summed E-state index contributed by atoms with van der Waals surface area (Å²) in [6.07, 6.45) is -2.00. The maximum Gasteiger partial charge on any atom is 0.406 e. The molecule has 4 rings (SSSR count). The van der Waals surface area contributed by atoms with E-state index in [1.54, 1.807) is 12.1 Å². The van der Waals surface area contributed by atoms with Gasteiger partial charge in [0.15, 0.2) is 0 Å². The van der Waals surface area contributed by atoms with Crippen molar-refractivity contribution in [1.82, 2.24) is 24.7 Å². The smallest absolute Gasteiger partial charge is 0.298 e. The summed E-state index contributed by atoms with van der Waals surface area (Å²) in [6.45, 7) is -1.48. The summed E-state index contributed by atoms with van der Waals surface area (Å²) in [4.78, 5) is 20.8. The Morgan fingerprint density at radius 2 is 2.00 bits per heavy atom. The molecule has 0 amide bonds. The first-order chi connectivity index (χ1) is 12.8. The molecule has 0 aliphatic rings. The minimum atomic E-state index is -4.62. The fourth-order valence-corrected chi connectivity index (χ4v) is 3.39. The fraction of sp³-hybridized carbons (Fsp3) is 0.125. The van der Waals surface area contributed by atoms with Gasteiger partial charge in [0.1, 0.15) is 16.9 Å². The van der Waals surface area contributed by atoms with Crippen LogP contribution >= 0.6 is 23.2 Å². The van der Waals surface area contributed by atoms with Crippen molar-refractivity contribution in [3.63, 3.8) is 0 Å². The lowest BCUT2D eigenvalue weighted by Crippen LogP contribution is -2.28. The van der Waals surface area contributed by atoms with E-state index >= 15 is 0 Å². The van der Waals surface area contributed by atoms with Crippen LogP contribution in [0, 0.1) is 0 Å². The summed E-state index contributed by atoms with van der Waals surface area (Å²) in [5, 5.41) is 6.51. The Balaban J connectivity index is 2.14. The molecule has 27 heavy (non-hydrogen) atoms. The monoisotopic (exact) mass is 413 g/mol. The van der Waals surface area contributed by atoms with Gasteiger partial charge in [-0.15, -0.1) is 0 Å². The number of halogens is 5. The van der Waals surface area contributed by atoms with Crippen molar-refractivity contribution < 1.29 is 13.2 Å². The average molecular weight is 414 g/mol. The highest BCUT2D eigenvalue weighted by Gasteiger charge is 2.30. The Labute approximate surface area is 158 Å². The first kappa shape index (κ1) is 17.7. The Morgan fingerprint density at radius 3 is 2.70 bits per heavy atom. The topological polar surface area (TPSA) is 76.5 Å². The molecule has 0 radical (unpaired) electrons. The molecule has 0 fully saturated rings. The zero-order valence-corrected chi connectivity index (χ0v) is 14.7. The lowest BCUT2D eigenvalue weighted by Gasteiger charge is -2.15. The number of aromatic amines is 1. The lowest BCUT2D eigenvalue weighted by molar-refractivity contribution is -0.140. The molecule has 1 N–H and O–H groups in total. The molecule has 0 saturated heterocycles. The number of rotatable bonds is 2. The van der Waals surface area contributed by atoms with Crippen molar-refractivity contribution in [3.8, 4) is 11.3 Å². The summed E-state index contributed by atoms with van der Waals surface area (Å²) in [6, 6.07) is 4.53. The highest BCUT2D eigenvalue weighted by Crippen LogP contribution is 2.33. The molecule has 6 nitrogen and oxygen atoms in total. The molecule has 0 atom stereocenters. The van der Waals surface area contributed by atoms with E-state index in [-0.39, 0.29) is 37.8 Å². The third-order valence-electron chi connectivity index (χ3n) is 3.98. The van der Waals surface area contributed by atoms with Crippen LogP contribution in [0.25, 0.3) is 33.1 Å². The molecule has 138 valence electrons. The van der Waals surface area contributed by atoms with E-state index in [1.165, 1.54) is 12.3 Å². The van der Waals surface area contributed by atoms with Gasteiger partial charge in [-0.05, 0) is 18.2 Å². The third kappa shape index (κ3) is 3.02. The molecule has 0 unspecified atom stereocenters. The van der Waals surface area contributed by atoms with Crippen LogP contribution in [0.1, 0.15) is 0 Å². The Hall–Kier alpha value is -2.65. The van der Waals surface area contributed by atoms with Crippen LogP contribution in [0.15, 0.2) is 35.4 Å². The van der Waals surface area contributed by atoms with E-state index in [0.29, 0.717) is 10.1 Å². The van der Waals surface area contributed by atoms with Gasteiger partial charge in [0, 0.05) is 11.8 Å². The first-order valence-corrected chi connectivity index (χ1v) is 8.25. The average Bonchev–Trinajstić information content (AvgIpc) is 3.07. The summed E-state index contributed by atoms with van der Waals surface area (Å²) >= 11 is 12.3. The van der Waals surface area contributed by atoms with Gasteiger partial charge in [-0.1, -0.05) is 23.2 Å². The summed E-state index contributed by atoms with van der Waals surface area (Å²) in [7, 11) is 0. The minimum Gasteiger partial charge on any atom is -0.298 e. The number of alkyl halides is 3. The van der Waals surface area contributed by atoms with Gasteiger partial charge in [0.2, 0.25) is 0 Å². The molecular weight excluding hydrogens is 406 g/mol. The van der Waals surface area contributed by atoms with Crippen LogP contribution in [0.4, 0.5) is 13.2 Å². The molecule has 0 spiro atoms.